The predicted octanol–water partition coefficient (Wildman–Crippen LogP) is 2.46. The topological polar surface area (TPSA) is 80.6 Å². The number of amides is 2. The number of nitrogens with one attached hydrogen (secondary N) is 2. The van der Waals surface area contributed by atoms with Gasteiger partial charge in [-0.3, -0.25) is 9.59 Å². The molecule has 134 valence electrons. The lowest BCUT2D eigenvalue weighted by Crippen LogP contribution is -2.46. The van der Waals surface area contributed by atoms with Crippen molar-refractivity contribution in [1.82, 2.24) is 10.6 Å². The van der Waals surface area contributed by atoms with Crippen LogP contribution in [-0.2, 0) is 11.3 Å². The number of furan rings is 1. The highest BCUT2D eigenvalue weighted by Gasteiger charge is 2.22. The molecule has 0 saturated carbocycles. The molecule has 0 saturated heterocycles. The molecule has 7 heteroatoms. The summed E-state index contributed by atoms with van der Waals surface area (Å²) >= 11 is 1.62. The van der Waals surface area contributed by atoms with E-state index in [9.17, 15) is 9.59 Å². The lowest BCUT2D eigenvalue weighted by atomic mass is 10.1. The van der Waals surface area contributed by atoms with Crippen LogP contribution in [0.25, 0.3) is 0 Å². The molecule has 25 heavy (non-hydrogen) atoms. The van der Waals surface area contributed by atoms with Crippen LogP contribution in [0.3, 0.4) is 0 Å². The summed E-state index contributed by atoms with van der Waals surface area (Å²) in [5.74, 6) is 1.11. The van der Waals surface area contributed by atoms with Crippen LogP contribution in [0, 0.1) is 0 Å². The average molecular weight is 362 g/mol. The molecule has 0 spiro atoms. The molecule has 0 aliphatic carbocycles. The summed E-state index contributed by atoms with van der Waals surface area (Å²) in [6.45, 7) is 0.384. The lowest BCUT2D eigenvalue weighted by molar-refractivity contribution is -0.123. The molecule has 0 bridgehead atoms. The third-order valence-electron chi connectivity index (χ3n) is 3.60. The van der Waals surface area contributed by atoms with E-state index < -0.39 is 11.9 Å². The highest BCUT2D eigenvalue weighted by molar-refractivity contribution is 7.98. The van der Waals surface area contributed by atoms with E-state index in [0.29, 0.717) is 13.0 Å². The normalized spacial score (nSPS) is 11.6. The molecule has 6 nitrogen and oxygen atoms in total. The Morgan fingerprint density at radius 2 is 2.00 bits per heavy atom. The quantitative estimate of drug-likeness (QED) is 0.716. The molecular formula is C18H22N2O4S. The van der Waals surface area contributed by atoms with Crippen LogP contribution in [0.1, 0.15) is 22.5 Å². The van der Waals surface area contributed by atoms with Gasteiger partial charge in [0.05, 0.1) is 13.4 Å². The monoisotopic (exact) mass is 362 g/mol. The highest BCUT2D eigenvalue weighted by atomic mass is 32.2. The maximum atomic E-state index is 12.5. The van der Waals surface area contributed by atoms with Crippen molar-refractivity contribution in [2.45, 2.75) is 19.0 Å². The fourth-order valence-electron chi connectivity index (χ4n) is 2.20. The summed E-state index contributed by atoms with van der Waals surface area (Å²) in [7, 11) is 1.61. The molecule has 0 radical (unpaired) electrons. The molecule has 2 amide bonds. The molecule has 0 fully saturated rings. The smallest absolute Gasteiger partial charge is 0.287 e. The number of carbonyl (C=O) groups excluding carboxylic acids is 2. The Kier molecular flexibility index (Phi) is 7.40. The minimum atomic E-state index is -0.608. The number of hydrogen-bond donors (Lipinski definition) is 2. The van der Waals surface area contributed by atoms with Gasteiger partial charge in [0.15, 0.2) is 5.76 Å². The van der Waals surface area contributed by atoms with E-state index in [1.54, 1.807) is 31.0 Å². The minimum Gasteiger partial charge on any atom is -0.497 e. The fraction of sp³-hybridized carbons (Fsp3) is 0.333. The number of carbonyl (C=O) groups is 2. The van der Waals surface area contributed by atoms with Crippen molar-refractivity contribution in [3.63, 3.8) is 0 Å². The second-order valence-corrected chi connectivity index (χ2v) is 6.34. The van der Waals surface area contributed by atoms with Gasteiger partial charge in [0.2, 0.25) is 5.91 Å². The van der Waals surface area contributed by atoms with Crippen molar-refractivity contribution < 1.29 is 18.7 Å². The zero-order valence-electron chi connectivity index (χ0n) is 14.3. The van der Waals surface area contributed by atoms with Crippen LogP contribution in [-0.4, -0.2) is 37.0 Å². The summed E-state index contributed by atoms with van der Waals surface area (Å²) in [5, 5.41) is 5.59. The van der Waals surface area contributed by atoms with Gasteiger partial charge in [-0.05, 0) is 48.3 Å². The molecule has 0 aliphatic rings. The van der Waals surface area contributed by atoms with Gasteiger partial charge in [-0.25, -0.2) is 0 Å². The fourth-order valence-corrected chi connectivity index (χ4v) is 2.67. The largest absolute Gasteiger partial charge is 0.497 e. The number of benzene rings is 1. The first-order valence-electron chi connectivity index (χ1n) is 7.88. The number of rotatable bonds is 9. The van der Waals surface area contributed by atoms with Gasteiger partial charge in [0.1, 0.15) is 11.8 Å². The molecule has 2 N–H and O–H groups in total. The Hall–Kier alpha value is -2.41. The molecule has 1 heterocycles. The zero-order chi connectivity index (χ0) is 18.1. The standard InChI is InChI=1S/C18H22N2O4S/c1-23-14-7-5-13(6-8-14)12-19-17(21)15(9-11-25-2)20-18(22)16-4-3-10-24-16/h3-8,10,15H,9,11-12H2,1-2H3,(H,19,21)(H,20,22)/t15-/m0/s1. The summed E-state index contributed by atoms with van der Waals surface area (Å²) in [5.41, 5.74) is 0.954. The summed E-state index contributed by atoms with van der Waals surface area (Å²) < 4.78 is 10.2. The van der Waals surface area contributed by atoms with Crippen molar-refractivity contribution >= 4 is 23.6 Å². The molecule has 0 unspecified atom stereocenters. The van der Waals surface area contributed by atoms with Gasteiger partial charge >= 0.3 is 0 Å². The van der Waals surface area contributed by atoms with E-state index in [4.69, 9.17) is 9.15 Å². The second kappa shape index (κ2) is 9.78. The van der Waals surface area contributed by atoms with E-state index in [0.717, 1.165) is 17.1 Å². The Morgan fingerprint density at radius 1 is 1.24 bits per heavy atom. The Bertz CT molecular complexity index is 671. The lowest BCUT2D eigenvalue weighted by Gasteiger charge is -2.17. The number of thioether (sulfide) groups is 1. The Morgan fingerprint density at radius 3 is 2.60 bits per heavy atom. The van der Waals surface area contributed by atoms with Crippen molar-refractivity contribution in [2.75, 3.05) is 19.1 Å². The van der Waals surface area contributed by atoms with Crippen molar-refractivity contribution in [3.05, 3.63) is 54.0 Å². The molecule has 2 rings (SSSR count). The van der Waals surface area contributed by atoms with Crippen molar-refractivity contribution in [3.8, 4) is 5.75 Å². The minimum absolute atomic E-state index is 0.192. The first-order valence-corrected chi connectivity index (χ1v) is 9.27. The van der Waals surface area contributed by atoms with Crippen LogP contribution in [0.2, 0.25) is 0 Å². The summed E-state index contributed by atoms with van der Waals surface area (Å²) in [4.78, 5) is 24.6. The van der Waals surface area contributed by atoms with Gasteiger partial charge < -0.3 is 19.8 Å². The molecule has 0 aliphatic heterocycles. The van der Waals surface area contributed by atoms with Gasteiger partial charge in [0, 0.05) is 6.54 Å². The molecule has 1 aromatic carbocycles. The molecule has 1 aromatic heterocycles. The number of ether oxygens (including phenoxy) is 1. The molecular weight excluding hydrogens is 340 g/mol. The molecule has 2 aromatic rings. The average Bonchev–Trinajstić information content (AvgIpc) is 3.18. The van der Waals surface area contributed by atoms with Crippen LogP contribution in [0.15, 0.2) is 47.1 Å². The van der Waals surface area contributed by atoms with E-state index in [2.05, 4.69) is 10.6 Å². The predicted molar refractivity (Wildman–Crippen MR) is 97.8 cm³/mol. The van der Waals surface area contributed by atoms with E-state index >= 15 is 0 Å². The molecule has 1 atom stereocenters. The van der Waals surface area contributed by atoms with Crippen molar-refractivity contribution in [1.29, 1.82) is 0 Å². The maximum absolute atomic E-state index is 12.5. The van der Waals surface area contributed by atoms with Crippen LogP contribution in [0.5, 0.6) is 5.75 Å². The first kappa shape index (κ1) is 18.9. The van der Waals surface area contributed by atoms with E-state index in [1.165, 1.54) is 6.26 Å². The van der Waals surface area contributed by atoms with E-state index in [1.807, 2.05) is 30.5 Å². The van der Waals surface area contributed by atoms with Crippen molar-refractivity contribution in [2.24, 2.45) is 0 Å². The first-order chi connectivity index (χ1) is 12.1. The van der Waals surface area contributed by atoms with Crippen LogP contribution >= 0.6 is 11.8 Å². The SMILES string of the molecule is COc1ccc(CNC(=O)[C@H](CCSC)NC(=O)c2ccco2)cc1. The maximum Gasteiger partial charge on any atom is 0.287 e. The van der Waals surface area contributed by atoms with Gasteiger partial charge in [-0.15, -0.1) is 0 Å². The second-order valence-electron chi connectivity index (χ2n) is 5.35. The zero-order valence-corrected chi connectivity index (χ0v) is 15.1. The van der Waals surface area contributed by atoms with Gasteiger partial charge in [-0.1, -0.05) is 12.1 Å². The highest BCUT2D eigenvalue weighted by Crippen LogP contribution is 2.11. The Balaban J connectivity index is 1.93. The third kappa shape index (κ3) is 5.86. The van der Waals surface area contributed by atoms with E-state index in [-0.39, 0.29) is 11.7 Å². The Labute approximate surface area is 151 Å². The van der Waals surface area contributed by atoms with Crippen LogP contribution in [0.4, 0.5) is 0 Å². The van der Waals surface area contributed by atoms with Gasteiger partial charge in [0.25, 0.3) is 5.91 Å². The number of hydrogen-bond acceptors (Lipinski definition) is 5. The van der Waals surface area contributed by atoms with Crippen LogP contribution < -0.4 is 15.4 Å². The third-order valence-corrected chi connectivity index (χ3v) is 4.25. The summed E-state index contributed by atoms with van der Waals surface area (Å²) in [6.07, 6.45) is 3.93. The van der Waals surface area contributed by atoms with Gasteiger partial charge in [-0.2, -0.15) is 11.8 Å². The summed E-state index contributed by atoms with van der Waals surface area (Å²) in [6, 6.07) is 10.0. The number of methoxy groups -OCH3 is 1.